The number of guanidine groups is 1. The van der Waals surface area contributed by atoms with Crippen molar-refractivity contribution in [1.29, 1.82) is 5.41 Å². The van der Waals surface area contributed by atoms with Gasteiger partial charge < -0.3 is 4.90 Å². The van der Waals surface area contributed by atoms with Crippen LogP contribution in [0, 0.1) is 11.3 Å². The first-order valence-electron chi connectivity index (χ1n) is 7.25. The summed E-state index contributed by atoms with van der Waals surface area (Å²) >= 11 is 5.99. The minimum atomic E-state index is -0.635. The van der Waals surface area contributed by atoms with Crippen LogP contribution in [0.1, 0.15) is 32.8 Å². The molecule has 1 aromatic rings. The largest absolute Gasteiger partial charge is 0.328 e. The highest BCUT2D eigenvalue weighted by Crippen LogP contribution is 2.28. The fourth-order valence-corrected chi connectivity index (χ4v) is 3.18. The normalized spacial score (nSPS) is 22.0. The molecule has 1 saturated heterocycles. The van der Waals surface area contributed by atoms with Crippen LogP contribution in [0.4, 0.5) is 0 Å². The van der Waals surface area contributed by atoms with Crippen LogP contribution in [0.15, 0.2) is 24.3 Å². The van der Waals surface area contributed by atoms with Crippen molar-refractivity contribution in [3.8, 4) is 0 Å². The predicted molar refractivity (Wildman–Crippen MR) is 85.6 cm³/mol. The number of carbonyl (C=O) groups excluding carboxylic acids is 1. The fourth-order valence-electron chi connectivity index (χ4n) is 2.97. The topological polar surface area (TPSA) is 56.2 Å². The molecule has 1 aliphatic rings. The zero-order valence-corrected chi connectivity index (χ0v) is 13.5. The van der Waals surface area contributed by atoms with Crippen LogP contribution in [-0.4, -0.2) is 28.9 Å². The van der Waals surface area contributed by atoms with Gasteiger partial charge in [-0.15, -0.1) is 0 Å². The lowest BCUT2D eigenvalue weighted by atomic mass is 9.89. The number of nitrogens with one attached hydrogen (secondary N) is 2. The summed E-state index contributed by atoms with van der Waals surface area (Å²) in [6, 6.07) is 7.71. The van der Waals surface area contributed by atoms with Gasteiger partial charge in [0.2, 0.25) is 0 Å². The summed E-state index contributed by atoms with van der Waals surface area (Å²) < 4.78 is 0. The number of nitrogens with zero attached hydrogens (tertiary/aromatic N) is 1. The van der Waals surface area contributed by atoms with Gasteiger partial charge in [0.05, 0.1) is 0 Å². The van der Waals surface area contributed by atoms with Gasteiger partial charge in [-0.3, -0.25) is 15.5 Å². The van der Waals surface area contributed by atoms with Gasteiger partial charge in [-0.1, -0.05) is 37.6 Å². The Hall–Kier alpha value is -1.55. The highest BCUT2D eigenvalue weighted by atomic mass is 35.5. The van der Waals surface area contributed by atoms with E-state index in [-0.39, 0.29) is 11.9 Å². The highest BCUT2D eigenvalue weighted by molar-refractivity contribution is 6.30. The molecule has 0 aromatic heterocycles. The van der Waals surface area contributed by atoms with E-state index in [9.17, 15) is 4.79 Å². The van der Waals surface area contributed by atoms with Crippen molar-refractivity contribution >= 4 is 23.5 Å². The minimum Gasteiger partial charge on any atom is -0.328 e. The summed E-state index contributed by atoms with van der Waals surface area (Å²) in [5.41, 5.74) is 0.477. The third-order valence-corrected chi connectivity index (χ3v) is 4.14. The van der Waals surface area contributed by atoms with E-state index in [1.54, 1.807) is 0 Å². The number of hydrogen-bond donors (Lipinski definition) is 2. The molecular weight excluding hydrogens is 286 g/mol. The second kappa shape index (κ2) is 6.06. The molecule has 1 heterocycles. The Morgan fingerprint density at radius 2 is 2.14 bits per heavy atom. The van der Waals surface area contributed by atoms with Crippen LogP contribution in [0.25, 0.3) is 0 Å². The summed E-state index contributed by atoms with van der Waals surface area (Å²) in [6.07, 6.45) is 1.49. The molecule has 0 aliphatic carbocycles. The van der Waals surface area contributed by atoms with E-state index in [1.165, 1.54) is 0 Å². The van der Waals surface area contributed by atoms with Gasteiger partial charge in [0, 0.05) is 11.6 Å². The van der Waals surface area contributed by atoms with Gasteiger partial charge in [-0.05, 0) is 43.4 Å². The first-order valence-corrected chi connectivity index (χ1v) is 7.63. The van der Waals surface area contributed by atoms with Crippen LogP contribution in [0.3, 0.4) is 0 Å². The lowest BCUT2D eigenvalue weighted by molar-refractivity contribution is -0.126. The van der Waals surface area contributed by atoms with Crippen molar-refractivity contribution in [2.45, 2.75) is 39.2 Å². The van der Waals surface area contributed by atoms with Crippen molar-refractivity contribution in [2.24, 2.45) is 5.92 Å². The Morgan fingerprint density at radius 3 is 2.76 bits per heavy atom. The molecule has 2 N–H and O–H groups in total. The van der Waals surface area contributed by atoms with Crippen LogP contribution in [-0.2, 0) is 11.2 Å². The molecular formula is C16H22ClN3O. The van der Waals surface area contributed by atoms with Crippen LogP contribution in [0.2, 0.25) is 5.02 Å². The van der Waals surface area contributed by atoms with Crippen molar-refractivity contribution in [3.63, 3.8) is 0 Å². The van der Waals surface area contributed by atoms with E-state index in [0.717, 1.165) is 18.4 Å². The molecule has 5 heteroatoms. The van der Waals surface area contributed by atoms with E-state index >= 15 is 0 Å². The van der Waals surface area contributed by atoms with Crippen molar-refractivity contribution in [3.05, 3.63) is 34.9 Å². The second-order valence-electron chi connectivity index (χ2n) is 6.21. The molecule has 1 fully saturated rings. The lowest BCUT2D eigenvalue weighted by Gasteiger charge is -2.34. The third-order valence-electron chi connectivity index (χ3n) is 3.91. The van der Waals surface area contributed by atoms with Crippen LogP contribution >= 0.6 is 11.6 Å². The van der Waals surface area contributed by atoms with Crippen molar-refractivity contribution < 1.29 is 4.79 Å². The molecule has 4 nitrogen and oxygen atoms in total. The average molecular weight is 308 g/mol. The summed E-state index contributed by atoms with van der Waals surface area (Å²) in [4.78, 5) is 14.1. The van der Waals surface area contributed by atoms with E-state index in [2.05, 4.69) is 19.2 Å². The predicted octanol–water partition coefficient (Wildman–Crippen LogP) is 3.05. The van der Waals surface area contributed by atoms with Gasteiger partial charge in [-0.25, -0.2) is 0 Å². The summed E-state index contributed by atoms with van der Waals surface area (Å²) in [5, 5.41) is 11.4. The molecule has 2 rings (SSSR count). The monoisotopic (exact) mass is 307 g/mol. The van der Waals surface area contributed by atoms with E-state index in [0.29, 0.717) is 17.5 Å². The number of hydrogen-bond acceptors (Lipinski definition) is 2. The Balaban J connectivity index is 2.12. The van der Waals surface area contributed by atoms with Crippen molar-refractivity contribution in [2.75, 3.05) is 6.54 Å². The molecule has 0 bridgehead atoms. The molecule has 0 radical (unpaired) electrons. The quantitative estimate of drug-likeness (QED) is 0.878. The molecule has 21 heavy (non-hydrogen) atoms. The Morgan fingerprint density at radius 1 is 1.43 bits per heavy atom. The zero-order valence-electron chi connectivity index (χ0n) is 12.7. The Kier molecular flexibility index (Phi) is 4.57. The minimum absolute atomic E-state index is 0.0766. The molecule has 114 valence electrons. The maximum atomic E-state index is 12.2. The number of carbonyl (C=O) groups is 1. The first-order chi connectivity index (χ1) is 9.83. The van der Waals surface area contributed by atoms with Gasteiger partial charge >= 0.3 is 0 Å². The SMILES string of the molecule is CC(C)CC1(C)C(=O)NC(=N)N1CCc1cccc(Cl)c1. The van der Waals surface area contributed by atoms with Gasteiger partial charge in [0.15, 0.2) is 5.96 Å². The zero-order chi connectivity index (χ0) is 15.6. The number of halogens is 1. The molecule has 1 aliphatic heterocycles. The molecule has 0 saturated carbocycles. The molecule has 1 amide bonds. The smallest absolute Gasteiger partial charge is 0.252 e. The summed E-state index contributed by atoms with van der Waals surface area (Å²) in [7, 11) is 0. The fraction of sp³-hybridized carbons (Fsp3) is 0.500. The van der Waals surface area contributed by atoms with Crippen LogP contribution < -0.4 is 5.32 Å². The van der Waals surface area contributed by atoms with E-state index in [1.807, 2.05) is 36.1 Å². The van der Waals surface area contributed by atoms with Crippen LogP contribution in [0.5, 0.6) is 0 Å². The number of amides is 1. The summed E-state index contributed by atoms with van der Waals surface area (Å²) in [6.45, 7) is 6.73. The van der Waals surface area contributed by atoms with E-state index in [4.69, 9.17) is 17.0 Å². The average Bonchev–Trinajstić information content (AvgIpc) is 2.57. The molecule has 1 aromatic carbocycles. The summed E-state index contributed by atoms with van der Waals surface area (Å²) in [5.74, 6) is 0.512. The number of rotatable bonds is 5. The van der Waals surface area contributed by atoms with E-state index < -0.39 is 5.54 Å². The molecule has 1 unspecified atom stereocenters. The van der Waals surface area contributed by atoms with Crippen molar-refractivity contribution in [1.82, 2.24) is 10.2 Å². The molecule has 0 spiro atoms. The maximum absolute atomic E-state index is 12.2. The first kappa shape index (κ1) is 15.8. The second-order valence-corrected chi connectivity index (χ2v) is 6.64. The third kappa shape index (κ3) is 3.38. The van der Waals surface area contributed by atoms with Gasteiger partial charge in [0.25, 0.3) is 5.91 Å². The van der Waals surface area contributed by atoms with Gasteiger partial charge in [-0.2, -0.15) is 0 Å². The molecule has 1 atom stereocenters. The maximum Gasteiger partial charge on any atom is 0.252 e. The highest BCUT2D eigenvalue weighted by Gasteiger charge is 2.47. The lowest BCUT2D eigenvalue weighted by Crippen LogP contribution is -2.48. The number of benzene rings is 1. The Bertz CT molecular complexity index is 558. The Labute approximate surface area is 131 Å². The van der Waals surface area contributed by atoms with Gasteiger partial charge in [0.1, 0.15) is 5.54 Å². The standard InChI is InChI=1S/C16H22ClN3O/c1-11(2)10-16(3)14(21)19-15(18)20(16)8-7-12-5-4-6-13(17)9-12/h4-6,9,11H,7-8,10H2,1-3H3,(H2,18,19,21).